The molecule has 0 aliphatic rings. The molecule has 1 heterocycles. The van der Waals surface area contributed by atoms with Gasteiger partial charge in [0.15, 0.2) is 0 Å². The van der Waals surface area contributed by atoms with Gasteiger partial charge in [-0.2, -0.15) is 0 Å². The lowest BCUT2D eigenvalue weighted by molar-refractivity contribution is 0.0943. The summed E-state index contributed by atoms with van der Waals surface area (Å²) >= 11 is 0. The quantitative estimate of drug-likeness (QED) is 0.423. The maximum Gasteiger partial charge on any atom is 0.264 e. The fraction of sp³-hybridized carbons (Fsp3) is 0.167. The summed E-state index contributed by atoms with van der Waals surface area (Å²) in [5.41, 5.74) is 2.68. The molecule has 0 aliphatic carbocycles. The van der Waals surface area contributed by atoms with Crippen LogP contribution >= 0.6 is 0 Å². The number of amides is 1. The molecule has 0 fully saturated rings. The van der Waals surface area contributed by atoms with Crippen molar-refractivity contribution < 1.29 is 22.0 Å². The van der Waals surface area contributed by atoms with Crippen LogP contribution in [0.5, 0.6) is 0 Å². The van der Waals surface area contributed by atoms with Gasteiger partial charge < -0.3 is 9.88 Å². The Bertz CT molecular complexity index is 1500. The Morgan fingerprint density at radius 1 is 1.00 bits per heavy atom. The van der Waals surface area contributed by atoms with E-state index in [1.54, 1.807) is 30.3 Å². The lowest BCUT2D eigenvalue weighted by atomic mass is 10.1. The molecule has 3 aromatic carbocycles. The standard InChI is InChI=1S/C24H22F2N4O3S/c1-14(2)27-24(31)16-6-4-15(5-7-16)23-28-20-13-18(9-11-21(20)30(23)3)29-34(32,33)22-12-17(25)8-10-19(22)26/h4-14,29H,1-3H3,(H,27,31). The number of nitrogens with one attached hydrogen (secondary N) is 2. The zero-order chi connectivity index (χ0) is 24.6. The van der Waals surface area contributed by atoms with E-state index in [2.05, 4.69) is 15.0 Å². The molecule has 4 rings (SSSR count). The van der Waals surface area contributed by atoms with Crippen molar-refractivity contribution in [1.82, 2.24) is 14.9 Å². The Balaban J connectivity index is 1.64. The molecule has 0 aliphatic heterocycles. The largest absolute Gasteiger partial charge is 0.350 e. The van der Waals surface area contributed by atoms with Gasteiger partial charge in [-0.25, -0.2) is 22.2 Å². The van der Waals surface area contributed by atoms with Crippen molar-refractivity contribution in [3.05, 3.63) is 77.9 Å². The van der Waals surface area contributed by atoms with E-state index in [0.717, 1.165) is 23.2 Å². The predicted octanol–water partition coefficient (Wildman–Crippen LogP) is 4.46. The Morgan fingerprint density at radius 3 is 2.38 bits per heavy atom. The van der Waals surface area contributed by atoms with Gasteiger partial charge in [-0.15, -0.1) is 0 Å². The molecule has 34 heavy (non-hydrogen) atoms. The minimum atomic E-state index is -4.35. The fourth-order valence-electron chi connectivity index (χ4n) is 3.53. The van der Waals surface area contributed by atoms with E-state index in [1.165, 1.54) is 12.1 Å². The Morgan fingerprint density at radius 2 is 1.71 bits per heavy atom. The highest BCUT2D eigenvalue weighted by Gasteiger charge is 2.21. The zero-order valence-electron chi connectivity index (χ0n) is 18.6. The zero-order valence-corrected chi connectivity index (χ0v) is 19.5. The number of sulfonamides is 1. The average molecular weight is 485 g/mol. The van der Waals surface area contributed by atoms with Crippen LogP contribution in [0.15, 0.2) is 65.6 Å². The molecule has 0 spiro atoms. The van der Waals surface area contributed by atoms with Crippen LogP contribution in [-0.4, -0.2) is 29.9 Å². The maximum absolute atomic E-state index is 14.0. The highest BCUT2D eigenvalue weighted by atomic mass is 32.2. The van der Waals surface area contributed by atoms with E-state index in [0.29, 0.717) is 23.0 Å². The minimum Gasteiger partial charge on any atom is -0.350 e. The number of aryl methyl sites for hydroxylation is 1. The summed E-state index contributed by atoms with van der Waals surface area (Å²) in [7, 11) is -2.53. The molecule has 0 radical (unpaired) electrons. The second-order valence-electron chi connectivity index (χ2n) is 8.08. The van der Waals surface area contributed by atoms with Crippen LogP contribution < -0.4 is 10.0 Å². The first-order valence-electron chi connectivity index (χ1n) is 10.4. The molecule has 7 nitrogen and oxygen atoms in total. The number of hydrogen-bond acceptors (Lipinski definition) is 4. The number of nitrogens with zero attached hydrogens (tertiary/aromatic N) is 2. The first-order chi connectivity index (χ1) is 16.0. The van der Waals surface area contributed by atoms with Crippen LogP contribution in [0.3, 0.4) is 0 Å². The second kappa shape index (κ2) is 8.86. The monoisotopic (exact) mass is 484 g/mol. The topological polar surface area (TPSA) is 93.1 Å². The number of imidazole rings is 1. The number of aromatic nitrogens is 2. The number of carbonyl (C=O) groups excluding carboxylic acids is 1. The third-order valence-corrected chi connectivity index (χ3v) is 6.54. The third-order valence-electron chi connectivity index (χ3n) is 5.14. The minimum absolute atomic E-state index is 0.0241. The Kier molecular flexibility index (Phi) is 6.09. The summed E-state index contributed by atoms with van der Waals surface area (Å²) in [5.74, 6) is -1.47. The molecule has 176 valence electrons. The number of hydrogen-bond donors (Lipinski definition) is 2. The molecule has 0 atom stereocenters. The first-order valence-corrected chi connectivity index (χ1v) is 11.9. The molecule has 0 saturated heterocycles. The van der Waals surface area contributed by atoms with Gasteiger partial charge in [0, 0.05) is 24.2 Å². The molecule has 10 heteroatoms. The molecule has 0 bridgehead atoms. The number of anilines is 1. The van der Waals surface area contributed by atoms with Gasteiger partial charge in [-0.05, 0) is 62.4 Å². The Labute approximate surface area is 195 Å². The van der Waals surface area contributed by atoms with Crippen molar-refractivity contribution in [3.8, 4) is 11.4 Å². The highest BCUT2D eigenvalue weighted by molar-refractivity contribution is 7.92. The van der Waals surface area contributed by atoms with E-state index < -0.39 is 26.6 Å². The summed E-state index contributed by atoms with van der Waals surface area (Å²) < 4.78 is 56.7. The molecular weight excluding hydrogens is 462 g/mol. The van der Waals surface area contributed by atoms with Gasteiger partial charge in [0.05, 0.1) is 16.7 Å². The van der Waals surface area contributed by atoms with Crippen LogP contribution in [0, 0.1) is 11.6 Å². The van der Waals surface area contributed by atoms with E-state index in [4.69, 9.17) is 0 Å². The first kappa shape index (κ1) is 23.4. The van der Waals surface area contributed by atoms with Crippen LogP contribution in [0.4, 0.5) is 14.5 Å². The van der Waals surface area contributed by atoms with Crippen molar-refractivity contribution in [2.75, 3.05) is 4.72 Å². The second-order valence-corrected chi connectivity index (χ2v) is 9.73. The van der Waals surface area contributed by atoms with Gasteiger partial charge in [0.1, 0.15) is 22.4 Å². The summed E-state index contributed by atoms with van der Waals surface area (Å²) in [4.78, 5) is 16.0. The van der Waals surface area contributed by atoms with Gasteiger partial charge in [-0.3, -0.25) is 9.52 Å². The number of rotatable bonds is 6. The van der Waals surface area contributed by atoms with Gasteiger partial charge in [0.2, 0.25) is 0 Å². The van der Waals surface area contributed by atoms with Crippen LogP contribution in [0.2, 0.25) is 0 Å². The average Bonchev–Trinajstić information content (AvgIpc) is 3.10. The number of benzene rings is 3. The molecular formula is C24H22F2N4O3S. The van der Waals surface area contributed by atoms with Crippen LogP contribution in [-0.2, 0) is 17.1 Å². The maximum atomic E-state index is 14.0. The van der Waals surface area contributed by atoms with Crippen molar-refractivity contribution in [3.63, 3.8) is 0 Å². The fourth-order valence-corrected chi connectivity index (χ4v) is 4.67. The Hall–Kier alpha value is -3.79. The molecule has 1 amide bonds. The summed E-state index contributed by atoms with van der Waals surface area (Å²) in [6.45, 7) is 3.77. The SMILES string of the molecule is CC(C)NC(=O)c1ccc(-c2nc3cc(NS(=O)(=O)c4cc(F)ccc4F)ccc3n2C)cc1. The van der Waals surface area contributed by atoms with Gasteiger partial charge in [0.25, 0.3) is 15.9 Å². The third kappa shape index (κ3) is 4.62. The van der Waals surface area contributed by atoms with Crippen molar-refractivity contribution >= 4 is 32.7 Å². The molecule has 4 aromatic rings. The lowest BCUT2D eigenvalue weighted by Crippen LogP contribution is -2.29. The molecule has 2 N–H and O–H groups in total. The van der Waals surface area contributed by atoms with Gasteiger partial charge in [-0.1, -0.05) is 12.1 Å². The van der Waals surface area contributed by atoms with E-state index >= 15 is 0 Å². The highest BCUT2D eigenvalue weighted by Crippen LogP contribution is 2.27. The number of fused-ring (bicyclic) bond motifs is 1. The number of carbonyl (C=O) groups is 1. The predicted molar refractivity (Wildman–Crippen MR) is 126 cm³/mol. The van der Waals surface area contributed by atoms with Crippen LogP contribution in [0.1, 0.15) is 24.2 Å². The molecule has 1 aromatic heterocycles. The van der Waals surface area contributed by atoms with Crippen molar-refractivity contribution in [2.45, 2.75) is 24.8 Å². The summed E-state index contributed by atoms with van der Waals surface area (Å²) in [6, 6.07) is 13.9. The van der Waals surface area contributed by atoms with E-state index in [-0.39, 0.29) is 17.6 Å². The summed E-state index contributed by atoms with van der Waals surface area (Å²) in [6.07, 6.45) is 0. The number of halogens is 2. The van der Waals surface area contributed by atoms with E-state index in [1.807, 2.05) is 25.5 Å². The summed E-state index contributed by atoms with van der Waals surface area (Å²) in [5, 5.41) is 2.83. The normalized spacial score (nSPS) is 11.7. The smallest absolute Gasteiger partial charge is 0.264 e. The molecule has 0 unspecified atom stereocenters. The molecule has 0 saturated carbocycles. The lowest BCUT2D eigenvalue weighted by Gasteiger charge is -2.09. The van der Waals surface area contributed by atoms with Crippen molar-refractivity contribution in [2.24, 2.45) is 7.05 Å². The van der Waals surface area contributed by atoms with Crippen LogP contribution in [0.25, 0.3) is 22.4 Å². The van der Waals surface area contributed by atoms with E-state index in [9.17, 15) is 22.0 Å². The van der Waals surface area contributed by atoms with Gasteiger partial charge >= 0.3 is 0 Å². The van der Waals surface area contributed by atoms with Crippen molar-refractivity contribution in [1.29, 1.82) is 0 Å².